The van der Waals surface area contributed by atoms with Crippen LogP contribution in [0.1, 0.15) is 5.82 Å². The van der Waals surface area contributed by atoms with Crippen molar-refractivity contribution in [2.75, 3.05) is 0 Å². The van der Waals surface area contributed by atoms with Crippen LogP contribution in [0.25, 0.3) is 22.8 Å². The second kappa shape index (κ2) is 7.10. The van der Waals surface area contributed by atoms with Crippen LogP contribution in [0.4, 0.5) is 0 Å². The Morgan fingerprint density at radius 1 is 0.619 bits per heavy atom. The Balaban J connectivity index is 0.000000774. The normalized spacial score (nSPS) is 9.57. The number of aromatic nitrogens is 3. The molecule has 0 unspecified atom stereocenters. The van der Waals surface area contributed by atoms with E-state index < -0.39 is 0 Å². The number of hydrogen-bond donors (Lipinski definition) is 0. The van der Waals surface area contributed by atoms with Crippen molar-refractivity contribution in [2.45, 2.75) is 6.92 Å². The third-order valence-corrected chi connectivity index (χ3v) is 2.81. The smallest absolute Gasteiger partial charge is 0.163 e. The monoisotopic (exact) mass is 275 g/mol. The van der Waals surface area contributed by atoms with Gasteiger partial charge in [0.1, 0.15) is 5.82 Å². The largest absolute Gasteiger partial charge is 0.213 e. The molecule has 0 saturated heterocycles. The summed E-state index contributed by atoms with van der Waals surface area (Å²) in [4.78, 5) is 13.4. The first kappa shape index (κ1) is 14.6. The highest BCUT2D eigenvalue weighted by molar-refractivity contribution is 5.60. The number of benzene rings is 2. The van der Waals surface area contributed by atoms with E-state index in [-0.39, 0.29) is 0 Å². The fraction of sp³-hybridized carbons (Fsp3) is 0.0556. The van der Waals surface area contributed by atoms with Crippen molar-refractivity contribution in [1.82, 2.24) is 15.0 Å². The molecule has 2 aromatic carbocycles. The van der Waals surface area contributed by atoms with E-state index in [1.54, 1.807) is 0 Å². The molecule has 0 aliphatic heterocycles. The highest BCUT2D eigenvalue weighted by Gasteiger charge is 2.07. The van der Waals surface area contributed by atoms with E-state index in [2.05, 4.69) is 28.1 Å². The van der Waals surface area contributed by atoms with Crippen LogP contribution in [0.15, 0.2) is 73.8 Å². The summed E-state index contributed by atoms with van der Waals surface area (Å²) in [6, 6.07) is 19.9. The first-order valence-electron chi connectivity index (χ1n) is 6.66. The predicted octanol–water partition coefficient (Wildman–Crippen LogP) is 4.32. The summed E-state index contributed by atoms with van der Waals surface area (Å²) >= 11 is 0. The van der Waals surface area contributed by atoms with Gasteiger partial charge in [-0.05, 0) is 6.92 Å². The molecule has 0 aliphatic carbocycles. The molecule has 3 aromatic rings. The topological polar surface area (TPSA) is 38.7 Å². The van der Waals surface area contributed by atoms with Crippen molar-refractivity contribution >= 4 is 0 Å². The van der Waals surface area contributed by atoms with E-state index in [4.69, 9.17) is 0 Å². The van der Waals surface area contributed by atoms with Gasteiger partial charge >= 0.3 is 0 Å². The molecular weight excluding hydrogens is 258 g/mol. The number of rotatable bonds is 2. The highest BCUT2D eigenvalue weighted by Crippen LogP contribution is 2.19. The second-order valence-electron chi connectivity index (χ2n) is 4.26. The molecule has 0 bridgehead atoms. The molecule has 3 nitrogen and oxygen atoms in total. The molecule has 3 heteroatoms. The van der Waals surface area contributed by atoms with Crippen LogP contribution in [0.3, 0.4) is 0 Å². The molecule has 0 fully saturated rings. The molecule has 1 aromatic heterocycles. The lowest BCUT2D eigenvalue weighted by Crippen LogP contribution is -1.99. The van der Waals surface area contributed by atoms with Gasteiger partial charge in [0.05, 0.1) is 0 Å². The summed E-state index contributed by atoms with van der Waals surface area (Å²) in [5, 5.41) is 0. The van der Waals surface area contributed by atoms with E-state index in [9.17, 15) is 0 Å². The maximum absolute atomic E-state index is 4.55. The third kappa shape index (κ3) is 3.60. The van der Waals surface area contributed by atoms with Crippen molar-refractivity contribution in [3.05, 3.63) is 79.6 Å². The zero-order valence-electron chi connectivity index (χ0n) is 12.0. The SMILES string of the molecule is C=C.Cc1nc(-c2ccccc2)nc(-c2ccccc2)n1. The first-order chi connectivity index (χ1) is 10.3. The van der Waals surface area contributed by atoms with Crippen LogP contribution in [0, 0.1) is 6.92 Å². The van der Waals surface area contributed by atoms with Crippen molar-refractivity contribution in [3.63, 3.8) is 0 Å². The lowest BCUT2D eigenvalue weighted by Gasteiger charge is -2.05. The van der Waals surface area contributed by atoms with Crippen LogP contribution in [0.5, 0.6) is 0 Å². The van der Waals surface area contributed by atoms with Crippen LogP contribution in [-0.2, 0) is 0 Å². The van der Waals surface area contributed by atoms with Gasteiger partial charge in [0.2, 0.25) is 0 Å². The summed E-state index contributed by atoms with van der Waals surface area (Å²) in [6.45, 7) is 7.89. The van der Waals surface area contributed by atoms with Crippen LogP contribution >= 0.6 is 0 Å². The Bertz CT molecular complexity index is 636. The maximum Gasteiger partial charge on any atom is 0.163 e. The van der Waals surface area contributed by atoms with Crippen LogP contribution in [-0.4, -0.2) is 15.0 Å². The molecule has 21 heavy (non-hydrogen) atoms. The molecule has 0 atom stereocenters. The van der Waals surface area contributed by atoms with E-state index in [1.165, 1.54) is 0 Å². The molecule has 3 rings (SSSR count). The summed E-state index contributed by atoms with van der Waals surface area (Å²) < 4.78 is 0. The Hall–Kier alpha value is -2.81. The van der Waals surface area contributed by atoms with Crippen molar-refractivity contribution in [1.29, 1.82) is 0 Å². The summed E-state index contributed by atoms with van der Waals surface area (Å²) in [5.74, 6) is 2.16. The fourth-order valence-electron chi connectivity index (χ4n) is 1.91. The highest BCUT2D eigenvalue weighted by atomic mass is 15.0. The van der Waals surface area contributed by atoms with Gasteiger partial charge in [0.25, 0.3) is 0 Å². The average Bonchev–Trinajstić information content (AvgIpc) is 2.58. The van der Waals surface area contributed by atoms with Gasteiger partial charge in [-0.3, -0.25) is 0 Å². The Kier molecular flexibility index (Phi) is 4.94. The molecule has 0 saturated carbocycles. The summed E-state index contributed by atoms with van der Waals surface area (Å²) in [5.41, 5.74) is 2.01. The van der Waals surface area contributed by atoms with Gasteiger partial charge in [0.15, 0.2) is 11.6 Å². The number of nitrogens with zero attached hydrogens (tertiary/aromatic N) is 3. The van der Waals surface area contributed by atoms with Gasteiger partial charge in [-0.25, -0.2) is 15.0 Å². The molecular formula is C18H17N3. The minimum absolute atomic E-state index is 0.715. The summed E-state index contributed by atoms with van der Waals surface area (Å²) in [6.07, 6.45) is 0. The van der Waals surface area contributed by atoms with Crippen molar-refractivity contribution in [2.24, 2.45) is 0 Å². The Morgan fingerprint density at radius 2 is 1.00 bits per heavy atom. The third-order valence-electron chi connectivity index (χ3n) is 2.81. The predicted molar refractivity (Wildman–Crippen MR) is 86.7 cm³/mol. The molecule has 0 aliphatic rings. The molecule has 1 heterocycles. The van der Waals surface area contributed by atoms with E-state index in [0.717, 1.165) is 17.0 Å². The molecule has 104 valence electrons. The van der Waals surface area contributed by atoms with Gasteiger partial charge in [-0.1, -0.05) is 60.7 Å². The van der Waals surface area contributed by atoms with Crippen molar-refractivity contribution in [3.8, 4) is 22.8 Å². The number of aryl methyl sites for hydroxylation is 1. The number of hydrogen-bond acceptors (Lipinski definition) is 3. The second-order valence-corrected chi connectivity index (χ2v) is 4.26. The minimum Gasteiger partial charge on any atom is -0.213 e. The lowest BCUT2D eigenvalue weighted by molar-refractivity contribution is 0.992. The Labute approximate surface area is 125 Å². The average molecular weight is 275 g/mol. The molecule has 0 amide bonds. The zero-order chi connectivity index (χ0) is 15.1. The fourth-order valence-corrected chi connectivity index (χ4v) is 1.91. The van der Waals surface area contributed by atoms with Crippen molar-refractivity contribution < 1.29 is 0 Å². The quantitative estimate of drug-likeness (QED) is 0.654. The summed E-state index contributed by atoms with van der Waals surface area (Å²) in [7, 11) is 0. The van der Waals surface area contributed by atoms with Crippen LogP contribution in [0.2, 0.25) is 0 Å². The van der Waals surface area contributed by atoms with E-state index in [0.29, 0.717) is 11.6 Å². The van der Waals surface area contributed by atoms with E-state index >= 15 is 0 Å². The Morgan fingerprint density at radius 3 is 1.38 bits per heavy atom. The zero-order valence-corrected chi connectivity index (χ0v) is 12.0. The first-order valence-corrected chi connectivity index (χ1v) is 6.66. The molecule has 0 spiro atoms. The molecule has 0 N–H and O–H groups in total. The van der Waals surface area contributed by atoms with E-state index in [1.807, 2.05) is 67.6 Å². The van der Waals surface area contributed by atoms with Gasteiger partial charge in [-0.2, -0.15) is 0 Å². The minimum atomic E-state index is 0.715. The maximum atomic E-state index is 4.55. The van der Waals surface area contributed by atoms with Gasteiger partial charge in [0, 0.05) is 11.1 Å². The standard InChI is InChI=1S/C16H13N3.C2H4/c1-12-17-15(13-8-4-2-5-9-13)19-16(18-12)14-10-6-3-7-11-14;1-2/h2-11H,1H3;1-2H2. The van der Waals surface area contributed by atoms with Gasteiger partial charge in [-0.15, -0.1) is 13.2 Å². The lowest BCUT2D eigenvalue weighted by atomic mass is 10.2. The van der Waals surface area contributed by atoms with Gasteiger partial charge < -0.3 is 0 Å². The van der Waals surface area contributed by atoms with Crippen LogP contribution < -0.4 is 0 Å². The molecule has 0 radical (unpaired) electrons.